The summed E-state index contributed by atoms with van der Waals surface area (Å²) in [6.45, 7) is 12.8. The fourth-order valence-corrected chi connectivity index (χ4v) is 2.00. The van der Waals surface area contributed by atoms with Crippen LogP contribution in [0.15, 0.2) is 11.6 Å². The van der Waals surface area contributed by atoms with E-state index >= 15 is 0 Å². The van der Waals surface area contributed by atoms with Crippen molar-refractivity contribution in [3.63, 3.8) is 0 Å². The largest absolute Gasteiger partial charge is 0.444 e. The number of nitrogens with zero attached hydrogens (tertiary/aromatic N) is 2. The van der Waals surface area contributed by atoms with Crippen molar-refractivity contribution in [3.8, 4) is 0 Å². The number of hydroxylamine groups is 2. The van der Waals surface area contributed by atoms with Gasteiger partial charge in [-0.3, -0.25) is 5.21 Å². The van der Waals surface area contributed by atoms with Gasteiger partial charge in [-0.15, -0.1) is 0 Å². The first-order valence-electron chi connectivity index (χ1n) is 7.66. The fraction of sp³-hybridized carbons (Fsp3) is 0.750. The summed E-state index contributed by atoms with van der Waals surface area (Å²) in [6, 6.07) is -0.661. The summed E-state index contributed by atoms with van der Waals surface area (Å²) in [4.78, 5) is 25.6. The SMILES string of the molecule is CC1=CCN(C(=O)OC(C)(C)C)CC1N(O)C(=O)OC(C)(C)C. The van der Waals surface area contributed by atoms with Crippen LogP contribution in [0.1, 0.15) is 48.5 Å². The highest BCUT2D eigenvalue weighted by molar-refractivity contribution is 5.70. The summed E-state index contributed by atoms with van der Waals surface area (Å²) in [5.74, 6) is 0. The van der Waals surface area contributed by atoms with Gasteiger partial charge in [0.2, 0.25) is 0 Å². The number of ether oxygens (including phenoxy) is 2. The number of hydrogen-bond acceptors (Lipinski definition) is 5. The number of hydrogen-bond donors (Lipinski definition) is 1. The molecule has 1 atom stereocenters. The van der Waals surface area contributed by atoms with E-state index in [1.54, 1.807) is 54.5 Å². The van der Waals surface area contributed by atoms with Crippen LogP contribution in [0.25, 0.3) is 0 Å². The highest BCUT2D eigenvalue weighted by Gasteiger charge is 2.34. The van der Waals surface area contributed by atoms with Crippen LogP contribution in [0.4, 0.5) is 9.59 Å². The molecule has 1 aliphatic heterocycles. The molecule has 0 aromatic heterocycles. The average molecular weight is 328 g/mol. The van der Waals surface area contributed by atoms with Crippen LogP contribution in [0.2, 0.25) is 0 Å². The van der Waals surface area contributed by atoms with Crippen molar-refractivity contribution in [2.24, 2.45) is 0 Å². The first-order chi connectivity index (χ1) is 10.3. The van der Waals surface area contributed by atoms with E-state index in [9.17, 15) is 14.8 Å². The minimum Gasteiger partial charge on any atom is -0.444 e. The molecule has 1 unspecified atom stereocenters. The Morgan fingerprint density at radius 1 is 1.17 bits per heavy atom. The van der Waals surface area contributed by atoms with Gasteiger partial charge < -0.3 is 14.4 Å². The van der Waals surface area contributed by atoms with Gasteiger partial charge in [0.1, 0.15) is 17.2 Å². The zero-order valence-corrected chi connectivity index (χ0v) is 15.0. The molecule has 1 aliphatic rings. The van der Waals surface area contributed by atoms with Gasteiger partial charge in [0.15, 0.2) is 0 Å². The molecule has 0 radical (unpaired) electrons. The number of carbonyl (C=O) groups is 2. The minimum atomic E-state index is -0.846. The minimum absolute atomic E-state index is 0.146. The first-order valence-corrected chi connectivity index (χ1v) is 7.66. The summed E-state index contributed by atoms with van der Waals surface area (Å²) >= 11 is 0. The maximum absolute atomic E-state index is 12.1. The standard InChI is InChI=1S/C16H28N2O5/c1-11-8-9-17(13(19)22-15(2,3)4)10-12(11)18(21)14(20)23-16(5,6)7/h8,12,21H,9-10H2,1-7H3. The van der Waals surface area contributed by atoms with Gasteiger partial charge in [0.05, 0.1) is 6.54 Å². The molecule has 0 fully saturated rings. The molecule has 0 aromatic carbocycles. The van der Waals surface area contributed by atoms with Crippen molar-refractivity contribution in [3.05, 3.63) is 11.6 Å². The van der Waals surface area contributed by atoms with Gasteiger partial charge in [-0.2, -0.15) is 5.06 Å². The second-order valence-corrected chi connectivity index (χ2v) is 7.67. The molecule has 2 amide bonds. The van der Waals surface area contributed by atoms with E-state index in [0.29, 0.717) is 11.6 Å². The molecule has 0 saturated carbocycles. The molecule has 23 heavy (non-hydrogen) atoms. The molecule has 0 aliphatic carbocycles. The Morgan fingerprint density at radius 2 is 1.70 bits per heavy atom. The Kier molecular flexibility index (Phi) is 5.69. The molecule has 0 spiro atoms. The smallest absolute Gasteiger partial charge is 0.434 e. The molecule has 132 valence electrons. The molecule has 1 N–H and O–H groups in total. The molecule has 1 heterocycles. The Balaban J connectivity index is 2.79. The molecule has 7 nitrogen and oxygen atoms in total. The van der Waals surface area contributed by atoms with Crippen molar-refractivity contribution in [2.45, 2.75) is 65.7 Å². The van der Waals surface area contributed by atoms with Crippen LogP contribution in [-0.4, -0.2) is 57.7 Å². The molecule has 0 saturated heterocycles. The van der Waals surface area contributed by atoms with Crippen LogP contribution in [0.5, 0.6) is 0 Å². The number of amides is 2. The van der Waals surface area contributed by atoms with E-state index in [1.165, 1.54) is 4.90 Å². The zero-order valence-electron chi connectivity index (χ0n) is 15.0. The predicted octanol–water partition coefficient (Wildman–Crippen LogP) is 3.18. The summed E-state index contributed by atoms with van der Waals surface area (Å²) in [6.07, 6.45) is 0.455. The van der Waals surface area contributed by atoms with E-state index in [1.807, 2.05) is 0 Å². The lowest BCUT2D eigenvalue weighted by atomic mass is 10.0. The molecular weight excluding hydrogens is 300 g/mol. The summed E-state index contributed by atoms with van der Waals surface area (Å²) < 4.78 is 10.5. The maximum atomic E-state index is 12.1. The van der Waals surface area contributed by atoms with Crippen molar-refractivity contribution < 1.29 is 24.3 Å². The summed E-state index contributed by atoms with van der Waals surface area (Å²) in [5, 5.41) is 10.7. The van der Waals surface area contributed by atoms with E-state index in [0.717, 1.165) is 5.57 Å². The first kappa shape index (κ1) is 19.3. The third kappa shape index (κ3) is 6.09. The Hall–Kier alpha value is -1.76. The van der Waals surface area contributed by atoms with Crippen LogP contribution >= 0.6 is 0 Å². The van der Waals surface area contributed by atoms with Gasteiger partial charge in [0.25, 0.3) is 0 Å². The molecule has 0 aromatic rings. The summed E-state index contributed by atoms with van der Waals surface area (Å²) in [7, 11) is 0. The summed E-state index contributed by atoms with van der Waals surface area (Å²) in [5.41, 5.74) is -0.527. The van der Waals surface area contributed by atoms with Crippen molar-refractivity contribution in [1.29, 1.82) is 0 Å². The molecule has 0 bridgehead atoms. The van der Waals surface area contributed by atoms with Gasteiger partial charge in [-0.1, -0.05) is 6.08 Å². The average Bonchev–Trinajstić information content (AvgIpc) is 2.34. The van der Waals surface area contributed by atoms with Crippen molar-refractivity contribution >= 4 is 12.2 Å². The third-order valence-corrected chi connectivity index (χ3v) is 3.08. The second kappa shape index (κ2) is 6.78. The Morgan fingerprint density at radius 3 is 2.17 bits per heavy atom. The normalized spacial score (nSPS) is 19.0. The van der Waals surface area contributed by atoms with Crippen molar-refractivity contribution in [2.75, 3.05) is 13.1 Å². The molecular formula is C16H28N2O5. The Bertz CT molecular complexity index is 488. The van der Waals surface area contributed by atoms with Gasteiger partial charge in [-0.05, 0) is 54.0 Å². The predicted molar refractivity (Wildman–Crippen MR) is 85.2 cm³/mol. The van der Waals surface area contributed by atoms with Crippen molar-refractivity contribution in [1.82, 2.24) is 9.96 Å². The van der Waals surface area contributed by atoms with Gasteiger partial charge in [-0.25, -0.2) is 9.59 Å². The van der Waals surface area contributed by atoms with E-state index in [-0.39, 0.29) is 6.54 Å². The van der Waals surface area contributed by atoms with Crippen LogP contribution in [0.3, 0.4) is 0 Å². The van der Waals surface area contributed by atoms with Gasteiger partial charge >= 0.3 is 12.2 Å². The maximum Gasteiger partial charge on any atom is 0.434 e. The molecule has 7 heteroatoms. The van der Waals surface area contributed by atoms with E-state index < -0.39 is 29.4 Å². The highest BCUT2D eigenvalue weighted by Crippen LogP contribution is 2.20. The second-order valence-electron chi connectivity index (χ2n) is 7.67. The van der Waals surface area contributed by atoms with Gasteiger partial charge in [0, 0.05) is 6.54 Å². The van der Waals surface area contributed by atoms with Crippen LogP contribution in [0, 0.1) is 0 Å². The fourth-order valence-electron chi connectivity index (χ4n) is 2.00. The molecule has 1 rings (SSSR count). The number of rotatable bonds is 1. The van der Waals surface area contributed by atoms with Crippen LogP contribution in [-0.2, 0) is 9.47 Å². The van der Waals surface area contributed by atoms with E-state index in [2.05, 4.69) is 0 Å². The highest BCUT2D eigenvalue weighted by atomic mass is 16.6. The lowest BCUT2D eigenvalue weighted by Crippen LogP contribution is -2.52. The van der Waals surface area contributed by atoms with E-state index in [4.69, 9.17) is 9.47 Å². The topological polar surface area (TPSA) is 79.3 Å². The lowest BCUT2D eigenvalue weighted by Gasteiger charge is -2.36. The Labute approximate surface area is 137 Å². The lowest BCUT2D eigenvalue weighted by molar-refractivity contribution is -0.117. The number of carbonyl (C=O) groups excluding carboxylic acids is 2. The zero-order chi connectivity index (χ0) is 18.0. The third-order valence-electron chi connectivity index (χ3n) is 3.08. The monoisotopic (exact) mass is 328 g/mol. The quantitative estimate of drug-likeness (QED) is 0.454. The van der Waals surface area contributed by atoms with Crippen LogP contribution < -0.4 is 0 Å².